The van der Waals surface area contributed by atoms with Crippen molar-refractivity contribution in [2.24, 2.45) is 0 Å². The molecule has 2 aromatic rings. The summed E-state index contributed by atoms with van der Waals surface area (Å²) in [6, 6.07) is 13.7. The predicted octanol–water partition coefficient (Wildman–Crippen LogP) is 2.59. The number of amides is 2. The highest BCUT2D eigenvalue weighted by atomic mass is 19.1. The second-order valence-corrected chi connectivity index (χ2v) is 7.05. The fraction of sp³-hybridized carbons (Fsp3) is 0.333. The van der Waals surface area contributed by atoms with Gasteiger partial charge in [-0.2, -0.15) is 0 Å². The topological polar surface area (TPSA) is 43.9 Å². The summed E-state index contributed by atoms with van der Waals surface area (Å²) < 4.78 is 14.0. The van der Waals surface area contributed by atoms with Crippen LogP contribution in [0.2, 0.25) is 0 Å². The average molecular weight is 367 g/mol. The van der Waals surface area contributed by atoms with Gasteiger partial charge in [0.25, 0.3) is 5.91 Å². The van der Waals surface area contributed by atoms with E-state index in [2.05, 4.69) is 4.90 Å². The van der Waals surface area contributed by atoms with Gasteiger partial charge in [-0.05, 0) is 30.7 Å². The van der Waals surface area contributed by atoms with Crippen LogP contribution in [0.25, 0.3) is 0 Å². The number of rotatable bonds is 3. The molecular weight excluding hydrogens is 345 g/mol. The predicted molar refractivity (Wildman–Crippen MR) is 102 cm³/mol. The quantitative estimate of drug-likeness (QED) is 0.783. The third-order valence-corrected chi connectivity index (χ3v) is 5.43. The minimum atomic E-state index is -0.431. The summed E-state index contributed by atoms with van der Waals surface area (Å²) in [7, 11) is 0. The van der Waals surface area contributed by atoms with Crippen LogP contribution in [0.5, 0.6) is 0 Å². The van der Waals surface area contributed by atoms with Gasteiger partial charge in [-0.15, -0.1) is 0 Å². The number of carbonyl (C=O) groups is 2. The normalized spacial score (nSPS) is 21.2. The molecule has 6 heteroatoms. The third kappa shape index (κ3) is 3.21. The van der Waals surface area contributed by atoms with E-state index in [4.69, 9.17) is 0 Å². The minimum Gasteiger partial charge on any atom is -0.367 e. The number of hydrogen-bond acceptors (Lipinski definition) is 4. The number of halogens is 1. The molecule has 140 valence electrons. The molecule has 0 saturated carbocycles. The van der Waals surface area contributed by atoms with Crippen molar-refractivity contribution in [1.29, 1.82) is 0 Å². The summed E-state index contributed by atoms with van der Waals surface area (Å²) in [5.74, 6) is -0.548. The molecular formula is C21H22FN3O2. The molecule has 1 atom stereocenters. The molecule has 2 aliphatic rings. The molecule has 2 fully saturated rings. The maximum absolute atomic E-state index is 14.0. The van der Waals surface area contributed by atoms with Crippen LogP contribution in [0.3, 0.4) is 0 Å². The maximum atomic E-state index is 14.0. The number of anilines is 2. The molecule has 0 aliphatic carbocycles. The molecule has 0 aromatic heterocycles. The van der Waals surface area contributed by atoms with E-state index in [1.54, 1.807) is 12.1 Å². The summed E-state index contributed by atoms with van der Waals surface area (Å²) in [4.78, 5) is 30.9. The molecule has 5 nitrogen and oxygen atoms in total. The smallest absolute Gasteiger partial charge is 0.251 e. The van der Waals surface area contributed by atoms with Gasteiger partial charge in [0.15, 0.2) is 0 Å². The SMILES string of the molecule is Cc1ccccc1N1C(=O)C[C@H](N2CCN(c3ccccc3F)CC2)C1=O. The summed E-state index contributed by atoms with van der Waals surface area (Å²) in [6.07, 6.45) is 0.201. The number of nitrogens with zero attached hydrogens (tertiary/aromatic N) is 3. The van der Waals surface area contributed by atoms with Gasteiger partial charge in [0.2, 0.25) is 5.91 Å². The van der Waals surface area contributed by atoms with Crippen molar-refractivity contribution in [3.63, 3.8) is 0 Å². The van der Waals surface area contributed by atoms with Gasteiger partial charge in [0.05, 0.1) is 23.8 Å². The number of benzene rings is 2. The second-order valence-electron chi connectivity index (χ2n) is 7.05. The Kier molecular flexibility index (Phi) is 4.66. The molecule has 2 amide bonds. The Bertz CT molecular complexity index is 877. The monoisotopic (exact) mass is 367 g/mol. The van der Waals surface area contributed by atoms with Gasteiger partial charge < -0.3 is 4.90 Å². The summed E-state index contributed by atoms with van der Waals surface area (Å²) in [6.45, 7) is 4.40. The minimum absolute atomic E-state index is 0.157. The van der Waals surface area contributed by atoms with E-state index in [0.717, 1.165) is 5.56 Å². The zero-order valence-electron chi connectivity index (χ0n) is 15.3. The highest BCUT2D eigenvalue weighted by molar-refractivity contribution is 6.22. The summed E-state index contributed by atoms with van der Waals surface area (Å²) in [5, 5.41) is 0. The van der Waals surface area contributed by atoms with E-state index in [-0.39, 0.29) is 24.1 Å². The van der Waals surface area contributed by atoms with Crippen LogP contribution in [0.4, 0.5) is 15.8 Å². The van der Waals surface area contributed by atoms with E-state index >= 15 is 0 Å². The molecule has 0 radical (unpaired) electrons. The highest BCUT2D eigenvalue weighted by Gasteiger charge is 2.43. The Hall–Kier alpha value is -2.73. The molecule has 2 saturated heterocycles. The Morgan fingerprint density at radius 3 is 2.19 bits per heavy atom. The lowest BCUT2D eigenvalue weighted by atomic mass is 10.1. The lowest BCUT2D eigenvalue weighted by Crippen LogP contribution is -2.52. The zero-order valence-corrected chi connectivity index (χ0v) is 15.3. The van der Waals surface area contributed by atoms with Crippen molar-refractivity contribution >= 4 is 23.2 Å². The average Bonchev–Trinajstić information content (AvgIpc) is 2.97. The first-order valence-corrected chi connectivity index (χ1v) is 9.22. The number of carbonyl (C=O) groups excluding carboxylic acids is 2. The van der Waals surface area contributed by atoms with Crippen molar-refractivity contribution in [1.82, 2.24) is 4.90 Å². The highest BCUT2D eigenvalue weighted by Crippen LogP contribution is 2.29. The standard InChI is InChI=1S/C21H22FN3O2/c1-15-6-2-4-8-17(15)25-20(26)14-19(21(25)27)24-12-10-23(11-13-24)18-9-5-3-7-16(18)22/h2-9,19H,10-14H2,1H3/t19-/m0/s1. The van der Waals surface area contributed by atoms with E-state index in [1.807, 2.05) is 42.2 Å². The van der Waals surface area contributed by atoms with E-state index < -0.39 is 6.04 Å². The van der Waals surface area contributed by atoms with Crippen LogP contribution in [-0.4, -0.2) is 48.9 Å². The van der Waals surface area contributed by atoms with Gasteiger partial charge in [-0.25, -0.2) is 9.29 Å². The van der Waals surface area contributed by atoms with Gasteiger partial charge in [0, 0.05) is 26.2 Å². The van der Waals surface area contributed by atoms with Crippen molar-refractivity contribution in [2.45, 2.75) is 19.4 Å². The molecule has 0 spiro atoms. The largest absolute Gasteiger partial charge is 0.367 e. The fourth-order valence-corrected chi connectivity index (χ4v) is 3.95. The van der Waals surface area contributed by atoms with Crippen LogP contribution >= 0.6 is 0 Å². The molecule has 27 heavy (non-hydrogen) atoms. The lowest BCUT2D eigenvalue weighted by Gasteiger charge is -2.38. The summed E-state index contributed by atoms with van der Waals surface area (Å²) in [5.41, 5.74) is 2.16. The second kappa shape index (κ2) is 7.12. The Balaban J connectivity index is 1.46. The molecule has 0 unspecified atom stereocenters. The Morgan fingerprint density at radius 1 is 0.889 bits per heavy atom. The van der Waals surface area contributed by atoms with E-state index in [0.29, 0.717) is 37.6 Å². The van der Waals surface area contributed by atoms with Crippen molar-refractivity contribution in [3.8, 4) is 0 Å². The molecule has 2 aliphatic heterocycles. The first kappa shape index (κ1) is 17.7. The van der Waals surface area contributed by atoms with Gasteiger partial charge >= 0.3 is 0 Å². The Labute approximate surface area is 158 Å². The number of imide groups is 1. The van der Waals surface area contributed by atoms with Gasteiger partial charge in [0.1, 0.15) is 5.82 Å². The third-order valence-electron chi connectivity index (χ3n) is 5.43. The van der Waals surface area contributed by atoms with Crippen LogP contribution in [0, 0.1) is 12.7 Å². The van der Waals surface area contributed by atoms with Crippen molar-refractivity contribution < 1.29 is 14.0 Å². The van der Waals surface area contributed by atoms with Gasteiger partial charge in [-0.3, -0.25) is 14.5 Å². The maximum Gasteiger partial charge on any atom is 0.251 e. The molecule has 0 bridgehead atoms. The van der Waals surface area contributed by atoms with E-state index in [1.165, 1.54) is 11.0 Å². The van der Waals surface area contributed by atoms with Crippen molar-refractivity contribution in [3.05, 3.63) is 59.9 Å². The molecule has 2 aromatic carbocycles. The Morgan fingerprint density at radius 2 is 1.52 bits per heavy atom. The number of hydrogen-bond donors (Lipinski definition) is 0. The fourth-order valence-electron chi connectivity index (χ4n) is 3.95. The molecule has 2 heterocycles. The lowest BCUT2D eigenvalue weighted by molar-refractivity contribution is -0.123. The van der Waals surface area contributed by atoms with Crippen LogP contribution in [0.1, 0.15) is 12.0 Å². The van der Waals surface area contributed by atoms with Crippen molar-refractivity contribution in [2.75, 3.05) is 36.0 Å². The van der Waals surface area contributed by atoms with Crippen LogP contribution in [0.15, 0.2) is 48.5 Å². The number of para-hydroxylation sites is 2. The molecule has 0 N–H and O–H groups in total. The molecule has 4 rings (SSSR count). The number of aryl methyl sites for hydroxylation is 1. The van der Waals surface area contributed by atoms with E-state index in [9.17, 15) is 14.0 Å². The first-order valence-electron chi connectivity index (χ1n) is 9.22. The summed E-state index contributed by atoms with van der Waals surface area (Å²) >= 11 is 0. The van der Waals surface area contributed by atoms with Gasteiger partial charge in [-0.1, -0.05) is 30.3 Å². The van der Waals surface area contributed by atoms with Crippen LogP contribution < -0.4 is 9.80 Å². The van der Waals surface area contributed by atoms with Crippen LogP contribution in [-0.2, 0) is 9.59 Å². The first-order chi connectivity index (χ1) is 13.1. The zero-order chi connectivity index (χ0) is 19.0. The number of piperazine rings is 1.